The molecule has 1 amide bonds. The van der Waals surface area contributed by atoms with E-state index in [9.17, 15) is 4.79 Å². The van der Waals surface area contributed by atoms with Crippen molar-refractivity contribution < 1.29 is 9.53 Å². The van der Waals surface area contributed by atoms with Crippen molar-refractivity contribution >= 4 is 17.2 Å². The Balaban J connectivity index is 1.58. The summed E-state index contributed by atoms with van der Waals surface area (Å²) in [5.41, 5.74) is 2.47. The van der Waals surface area contributed by atoms with Crippen LogP contribution in [0, 0.1) is 5.92 Å². The van der Waals surface area contributed by atoms with Crippen molar-refractivity contribution in [1.82, 2.24) is 14.7 Å². The molecule has 1 atom stereocenters. The molecule has 2 aromatic rings. The lowest BCUT2D eigenvalue weighted by molar-refractivity contribution is -0.134. The lowest BCUT2D eigenvalue weighted by Gasteiger charge is -2.36. The molecule has 1 aliphatic carbocycles. The molecule has 0 bridgehead atoms. The summed E-state index contributed by atoms with van der Waals surface area (Å²) in [4.78, 5) is 16.0. The molecular formula is C18H23N3O2S. The quantitative estimate of drug-likeness (QED) is 0.809. The Morgan fingerprint density at radius 3 is 3.04 bits per heavy atom. The van der Waals surface area contributed by atoms with Gasteiger partial charge in [-0.3, -0.25) is 9.48 Å². The topological polar surface area (TPSA) is 47.4 Å². The number of carbonyl (C=O) groups is 1. The summed E-state index contributed by atoms with van der Waals surface area (Å²) in [5, 5.41) is 6.63. The van der Waals surface area contributed by atoms with E-state index in [1.807, 2.05) is 28.6 Å². The van der Waals surface area contributed by atoms with Crippen LogP contribution in [0.1, 0.15) is 35.0 Å². The maximum Gasteiger partial charge on any atom is 0.228 e. The van der Waals surface area contributed by atoms with Gasteiger partial charge in [-0.2, -0.15) is 5.10 Å². The van der Waals surface area contributed by atoms with E-state index in [0.29, 0.717) is 13.0 Å². The number of ether oxygens (including phenoxy) is 1. The van der Waals surface area contributed by atoms with Crippen LogP contribution in [0.25, 0.3) is 0 Å². The zero-order valence-corrected chi connectivity index (χ0v) is 14.8. The fourth-order valence-electron chi connectivity index (χ4n) is 3.54. The summed E-state index contributed by atoms with van der Waals surface area (Å²) in [6.07, 6.45) is 5.94. The van der Waals surface area contributed by atoms with Gasteiger partial charge in [-0.25, -0.2) is 0 Å². The summed E-state index contributed by atoms with van der Waals surface area (Å²) in [7, 11) is 1.71. The molecule has 1 fully saturated rings. The van der Waals surface area contributed by atoms with Crippen molar-refractivity contribution in [3.63, 3.8) is 0 Å². The minimum atomic E-state index is -0.0209. The van der Waals surface area contributed by atoms with E-state index >= 15 is 0 Å². The molecule has 0 aromatic carbocycles. The van der Waals surface area contributed by atoms with Gasteiger partial charge in [0.25, 0.3) is 0 Å². The summed E-state index contributed by atoms with van der Waals surface area (Å²) in [5.74, 6) is 0.943. The normalized spacial score (nSPS) is 20.2. The summed E-state index contributed by atoms with van der Waals surface area (Å²) >= 11 is 1.64. The average molecular weight is 345 g/mol. The third-order valence-corrected chi connectivity index (χ3v) is 5.83. The first-order chi connectivity index (χ1) is 11.8. The minimum absolute atomic E-state index is 0.0209. The van der Waals surface area contributed by atoms with Crippen LogP contribution in [0.5, 0.6) is 0 Å². The predicted octanol–water partition coefficient (Wildman–Crippen LogP) is 2.67. The van der Waals surface area contributed by atoms with Crippen LogP contribution in [0.15, 0.2) is 23.7 Å². The molecule has 2 aliphatic rings. The van der Waals surface area contributed by atoms with Crippen molar-refractivity contribution in [2.75, 3.05) is 20.3 Å². The molecule has 3 heterocycles. The van der Waals surface area contributed by atoms with E-state index in [1.54, 1.807) is 18.4 Å². The minimum Gasteiger partial charge on any atom is -0.382 e. The number of amides is 1. The molecule has 0 radical (unpaired) electrons. The lowest BCUT2D eigenvalue weighted by Crippen LogP contribution is -2.43. The molecule has 6 heteroatoms. The highest BCUT2D eigenvalue weighted by molar-refractivity contribution is 7.10. The number of aromatic nitrogens is 2. The first-order valence-corrected chi connectivity index (χ1v) is 9.49. The number of hydrogen-bond donors (Lipinski definition) is 0. The van der Waals surface area contributed by atoms with Crippen LogP contribution in [0.4, 0.5) is 0 Å². The number of hydrogen-bond acceptors (Lipinski definition) is 4. The highest BCUT2D eigenvalue weighted by atomic mass is 32.1. The second kappa shape index (κ2) is 6.69. The molecule has 2 aromatic heterocycles. The van der Waals surface area contributed by atoms with Crippen LogP contribution in [-0.2, 0) is 28.9 Å². The van der Waals surface area contributed by atoms with Crippen molar-refractivity contribution in [2.45, 2.75) is 38.3 Å². The van der Waals surface area contributed by atoms with Crippen LogP contribution in [-0.4, -0.2) is 40.8 Å². The predicted molar refractivity (Wildman–Crippen MR) is 93.0 cm³/mol. The first-order valence-electron chi connectivity index (χ1n) is 8.61. The van der Waals surface area contributed by atoms with E-state index in [4.69, 9.17) is 4.74 Å². The fourth-order valence-corrected chi connectivity index (χ4v) is 4.23. The Labute approximate surface area is 146 Å². The average Bonchev–Trinajstić information content (AvgIpc) is 3.06. The largest absolute Gasteiger partial charge is 0.382 e. The van der Waals surface area contributed by atoms with Gasteiger partial charge in [0.2, 0.25) is 5.91 Å². The Morgan fingerprint density at radius 1 is 1.46 bits per heavy atom. The Bertz CT molecular complexity index is 706. The molecule has 0 spiro atoms. The van der Waals surface area contributed by atoms with Gasteiger partial charge in [-0.1, -0.05) is 6.07 Å². The summed E-state index contributed by atoms with van der Waals surface area (Å²) < 4.78 is 7.59. The van der Waals surface area contributed by atoms with Crippen LogP contribution in [0.3, 0.4) is 0 Å². The van der Waals surface area contributed by atoms with Gasteiger partial charge in [-0.05, 0) is 42.2 Å². The Hall–Kier alpha value is -1.66. The van der Waals surface area contributed by atoms with Gasteiger partial charge >= 0.3 is 0 Å². The zero-order chi connectivity index (χ0) is 16.5. The standard InChI is InChI=1S/C18H23N3O2S/c1-23-12-16-18-14(10-19-21(18)11-13-4-5-13)6-7-20(16)17(22)9-15-3-2-8-24-15/h2-3,8,10,13,16H,4-7,9,11-12H2,1H3/t16-/m0/s1. The summed E-state index contributed by atoms with van der Waals surface area (Å²) in [6.45, 7) is 2.25. The van der Waals surface area contributed by atoms with E-state index in [0.717, 1.165) is 30.3 Å². The zero-order valence-electron chi connectivity index (χ0n) is 14.0. The highest BCUT2D eigenvalue weighted by Crippen LogP contribution is 2.35. The van der Waals surface area contributed by atoms with E-state index in [2.05, 4.69) is 9.78 Å². The van der Waals surface area contributed by atoms with Gasteiger partial charge < -0.3 is 9.64 Å². The highest BCUT2D eigenvalue weighted by Gasteiger charge is 2.35. The van der Waals surface area contributed by atoms with E-state index in [1.165, 1.54) is 24.1 Å². The van der Waals surface area contributed by atoms with Gasteiger partial charge in [0.05, 0.1) is 31.0 Å². The smallest absolute Gasteiger partial charge is 0.228 e. The van der Waals surface area contributed by atoms with Gasteiger partial charge in [0.15, 0.2) is 0 Å². The number of carbonyl (C=O) groups excluding carboxylic acids is 1. The SMILES string of the molecule is COC[C@H]1c2c(cnn2CC2CC2)CCN1C(=O)Cc1cccs1. The number of rotatable bonds is 6. The third-order valence-electron chi connectivity index (χ3n) is 4.95. The maximum atomic E-state index is 12.9. The molecule has 5 nitrogen and oxygen atoms in total. The molecule has 0 saturated heterocycles. The number of nitrogens with zero attached hydrogens (tertiary/aromatic N) is 3. The van der Waals surface area contributed by atoms with Gasteiger partial charge in [-0.15, -0.1) is 11.3 Å². The maximum absolute atomic E-state index is 12.9. The van der Waals surface area contributed by atoms with Crippen LogP contribution in [0.2, 0.25) is 0 Å². The second-order valence-electron chi connectivity index (χ2n) is 6.74. The van der Waals surface area contributed by atoms with Crippen molar-refractivity contribution in [1.29, 1.82) is 0 Å². The second-order valence-corrected chi connectivity index (χ2v) is 7.78. The third kappa shape index (κ3) is 3.13. The Morgan fingerprint density at radius 2 is 2.33 bits per heavy atom. The Kier molecular flexibility index (Phi) is 4.41. The van der Waals surface area contributed by atoms with Gasteiger partial charge in [0.1, 0.15) is 0 Å². The van der Waals surface area contributed by atoms with Crippen LogP contribution >= 0.6 is 11.3 Å². The molecular weight excluding hydrogens is 322 g/mol. The number of thiophene rings is 1. The van der Waals surface area contributed by atoms with E-state index in [-0.39, 0.29) is 11.9 Å². The molecule has 128 valence electrons. The molecule has 0 unspecified atom stereocenters. The number of fused-ring (bicyclic) bond motifs is 1. The van der Waals surface area contributed by atoms with Crippen molar-refractivity contribution in [3.05, 3.63) is 39.8 Å². The van der Waals surface area contributed by atoms with Crippen molar-refractivity contribution in [2.24, 2.45) is 5.92 Å². The fraction of sp³-hybridized carbons (Fsp3) is 0.556. The lowest BCUT2D eigenvalue weighted by atomic mass is 9.99. The molecule has 4 rings (SSSR count). The van der Waals surface area contributed by atoms with Gasteiger partial charge in [0, 0.05) is 25.1 Å². The monoisotopic (exact) mass is 345 g/mol. The summed E-state index contributed by atoms with van der Waals surface area (Å²) in [6, 6.07) is 4.01. The molecule has 1 aliphatic heterocycles. The molecule has 24 heavy (non-hydrogen) atoms. The number of methoxy groups -OCH3 is 1. The van der Waals surface area contributed by atoms with E-state index < -0.39 is 0 Å². The molecule has 1 saturated carbocycles. The van der Waals surface area contributed by atoms with Crippen LogP contribution < -0.4 is 0 Å². The first kappa shape index (κ1) is 15.8. The molecule has 0 N–H and O–H groups in total. The van der Waals surface area contributed by atoms with Crippen molar-refractivity contribution in [3.8, 4) is 0 Å².